The summed E-state index contributed by atoms with van der Waals surface area (Å²) in [6.07, 6.45) is -2.54. The van der Waals surface area contributed by atoms with Gasteiger partial charge >= 0.3 is 6.18 Å². The van der Waals surface area contributed by atoms with Crippen molar-refractivity contribution in [3.8, 4) is 5.75 Å². The second-order valence-electron chi connectivity index (χ2n) is 7.30. The fraction of sp³-hybridized carbons (Fsp3) is 0.650. The SMILES string of the molecule is CCNC(=NCCc1ccc(OC(C)C)cc1)NC1CCN(CC(F)(F)F)C1.I. The van der Waals surface area contributed by atoms with Gasteiger partial charge in [-0.1, -0.05) is 12.1 Å². The van der Waals surface area contributed by atoms with Gasteiger partial charge in [0.2, 0.25) is 0 Å². The summed E-state index contributed by atoms with van der Waals surface area (Å²) >= 11 is 0. The lowest BCUT2D eigenvalue weighted by atomic mass is 10.1. The van der Waals surface area contributed by atoms with Crippen LogP contribution in [0.4, 0.5) is 13.2 Å². The molecule has 0 radical (unpaired) electrons. The van der Waals surface area contributed by atoms with Crippen LogP contribution in [0.2, 0.25) is 0 Å². The quantitative estimate of drug-likeness (QED) is 0.306. The van der Waals surface area contributed by atoms with E-state index in [1.165, 1.54) is 4.90 Å². The Bertz CT molecular complexity index is 623. The average Bonchev–Trinajstić information content (AvgIpc) is 3.01. The number of nitrogens with one attached hydrogen (secondary N) is 2. The highest BCUT2D eigenvalue weighted by molar-refractivity contribution is 14.0. The first-order chi connectivity index (χ1) is 13.2. The monoisotopic (exact) mass is 528 g/mol. The standard InChI is InChI=1S/C20H31F3N4O.HI/c1-4-24-19(26-17-10-12-27(13-17)14-20(21,22)23)25-11-9-16-5-7-18(8-6-16)28-15(2)3;/h5-8,15,17H,4,9-14H2,1-3H3,(H2,24,25,26);1H. The van der Waals surface area contributed by atoms with Crippen molar-refractivity contribution in [1.29, 1.82) is 0 Å². The van der Waals surface area contributed by atoms with Crippen molar-refractivity contribution < 1.29 is 17.9 Å². The van der Waals surface area contributed by atoms with Crippen molar-refractivity contribution >= 4 is 29.9 Å². The minimum atomic E-state index is -4.15. The molecule has 1 aromatic rings. The predicted molar refractivity (Wildman–Crippen MR) is 121 cm³/mol. The van der Waals surface area contributed by atoms with Crippen LogP contribution in [0.15, 0.2) is 29.3 Å². The normalized spacial score (nSPS) is 17.9. The highest BCUT2D eigenvalue weighted by atomic mass is 127. The van der Waals surface area contributed by atoms with E-state index in [4.69, 9.17) is 4.74 Å². The lowest BCUT2D eigenvalue weighted by molar-refractivity contribution is -0.143. The second kappa shape index (κ2) is 12.5. The Morgan fingerprint density at radius 3 is 2.55 bits per heavy atom. The molecular weight excluding hydrogens is 496 g/mol. The number of hydrogen-bond acceptors (Lipinski definition) is 3. The van der Waals surface area contributed by atoms with E-state index < -0.39 is 12.7 Å². The van der Waals surface area contributed by atoms with Gasteiger partial charge in [0.15, 0.2) is 5.96 Å². The molecule has 166 valence electrons. The first-order valence-corrected chi connectivity index (χ1v) is 9.84. The summed E-state index contributed by atoms with van der Waals surface area (Å²) in [5, 5.41) is 6.43. The molecule has 1 saturated heterocycles. The molecule has 1 aliphatic heterocycles. The van der Waals surface area contributed by atoms with Crippen LogP contribution in [-0.4, -0.2) is 61.9 Å². The van der Waals surface area contributed by atoms with Gasteiger partial charge in [-0.25, -0.2) is 0 Å². The summed E-state index contributed by atoms with van der Waals surface area (Å²) in [5.74, 6) is 1.50. The van der Waals surface area contributed by atoms with Crippen molar-refractivity contribution in [2.24, 2.45) is 4.99 Å². The zero-order valence-corrected chi connectivity index (χ0v) is 19.6. The molecule has 0 spiro atoms. The van der Waals surface area contributed by atoms with Gasteiger partial charge in [-0.15, -0.1) is 24.0 Å². The number of aliphatic imine (C=N–C) groups is 1. The highest BCUT2D eigenvalue weighted by Gasteiger charge is 2.34. The van der Waals surface area contributed by atoms with Crippen molar-refractivity contribution in [2.45, 2.75) is 51.9 Å². The summed E-state index contributed by atoms with van der Waals surface area (Å²) in [4.78, 5) is 6.00. The maximum Gasteiger partial charge on any atom is 0.401 e. The van der Waals surface area contributed by atoms with Crippen LogP contribution in [0, 0.1) is 0 Å². The van der Waals surface area contributed by atoms with E-state index in [0.717, 1.165) is 17.7 Å². The molecule has 0 bridgehead atoms. The number of halogens is 4. The predicted octanol–water partition coefficient (Wildman–Crippen LogP) is 3.83. The maximum atomic E-state index is 12.5. The van der Waals surface area contributed by atoms with E-state index in [2.05, 4.69) is 15.6 Å². The summed E-state index contributed by atoms with van der Waals surface area (Å²) in [5.41, 5.74) is 1.16. The smallest absolute Gasteiger partial charge is 0.401 e. The van der Waals surface area contributed by atoms with E-state index in [9.17, 15) is 13.2 Å². The van der Waals surface area contributed by atoms with Gasteiger partial charge in [0.1, 0.15) is 5.75 Å². The van der Waals surface area contributed by atoms with Gasteiger partial charge in [0, 0.05) is 32.2 Å². The molecule has 9 heteroatoms. The summed E-state index contributed by atoms with van der Waals surface area (Å²) in [7, 11) is 0. The molecule has 1 atom stereocenters. The van der Waals surface area contributed by atoms with Gasteiger partial charge in [-0.3, -0.25) is 9.89 Å². The summed E-state index contributed by atoms with van der Waals surface area (Å²) in [6.45, 7) is 7.22. The molecule has 1 unspecified atom stereocenters. The van der Waals surface area contributed by atoms with Gasteiger partial charge < -0.3 is 15.4 Å². The Morgan fingerprint density at radius 2 is 1.97 bits per heavy atom. The first-order valence-electron chi connectivity index (χ1n) is 9.84. The number of ether oxygens (including phenoxy) is 1. The zero-order valence-electron chi connectivity index (χ0n) is 17.3. The van der Waals surface area contributed by atoms with E-state index in [1.54, 1.807) is 0 Å². The molecule has 0 aromatic heterocycles. The Balaban J connectivity index is 0.00000420. The molecule has 2 N–H and O–H groups in total. The van der Waals surface area contributed by atoms with Crippen LogP contribution < -0.4 is 15.4 Å². The van der Waals surface area contributed by atoms with Crippen LogP contribution in [0.3, 0.4) is 0 Å². The van der Waals surface area contributed by atoms with E-state index in [1.807, 2.05) is 45.0 Å². The molecule has 1 aliphatic rings. The van der Waals surface area contributed by atoms with Crippen LogP contribution in [0.5, 0.6) is 5.75 Å². The van der Waals surface area contributed by atoms with Crippen molar-refractivity contribution in [1.82, 2.24) is 15.5 Å². The summed E-state index contributed by atoms with van der Waals surface area (Å²) in [6, 6.07) is 7.94. The van der Waals surface area contributed by atoms with E-state index in [-0.39, 0.29) is 36.1 Å². The largest absolute Gasteiger partial charge is 0.491 e. The molecule has 2 rings (SSSR count). The molecule has 5 nitrogen and oxygen atoms in total. The first kappa shape index (κ1) is 25.8. The molecule has 1 heterocycles. The number of guanidine groups is 1. The lowest BCUT2D eigenvalue weighted by Gasteiger charge is -2.19. The number of rotatable bonds is 8. The van der Waals surface area contributed by atoms with Gasteiger partial charge in [0.25, 0.3) is 0 Å². The molecule has 0 amide bonds. The van der Waals surface area contributed by atoms with E-state index >= 15 is 0 Å². The molecule has 1 fully saturated rings. The minimum absolute atomic E-state index is 0. The molecule has 29 heavy (non-hydrogen) atoms. The van der Waals surface area contributed by atoms with Crippen molar-refractivity contribution in [2.75, 3.05) is 32.7 Å². The number of likely N-dealkylation sites (tertiary alicyclic amines) is 1. The van der Waals surface area contributed by atoms with Gasteiger partial charge in [-0.05, 0) is 51.3 Å². The molecule has 0 saturated carbocycles. The Morgan fingerprint density at radius 1 is 1.28 bits per heavy atom. The second-order valence-corrected chi connectivity index (χ2v) is 7.30. The van der Waals surface area contributed by atoms with Crippen LogP contribution in [-0.2, 0) is 6.42 Å². The van der Waals surface area contributed by atoms with Crippen molar-refractivity contribution in [3.63, 3.8) is 0 Å². The fourth-order valence-corrected chi connectivity index (χ4v) is 3.16. The third-order valence-corrected chi connectivity index (χ3v) is 4.33. The van der Waals surface area contributed by atoms with Gasteiger partial charge in [0.05, 0.1) is 12.6 Å². The molecule has 0 aliphatic carbocycles. The number of benzene rings is 1. The Labute approximate surface area is 188 Å². The van der Waals surface area contributed by atoms with Crippen LogP contribution in [0.25, 0.3) is 0 Å². The third kappa shape index (κ3) is 10.4. The summed E-state index contributed by atoms with van der Waals surface area (Å²) < 4.78 is 43.2. The maximum absolute atomic E-state index is 12.5. The average molecular weight is 528 g/mol. The van der Waals surface area contributed by atoms with Crippen LogP contribution in [0.1, 0.15) is 32.8 Å². The number of alkyl halides is 3. The zero-order chi connectivity index (χ0) is 20.6. The molecule has 1 aromatic carbocycles. The third-order valence-electron chi connectivity index (χ3n) is 4.33. The fourth-order valence-electron chi connectivity index (χ4n) is 3.16. The molecular formula is C20H32F3IN4O. The van der Waals surface area contributed by atoms with Crippen molar-refractivity contribution in [3.05, 3.63) is 29.8 Å². The highest BCUT2D eigenvalue weighted by Crippen LogP contribution is 2.20. The van der Waals surface area contributed by atoms with Crippen LogP contribution >= 0.6 is 24.0 Å². The Hall–Kier alpha value is -1.23. The topological polar surface area (TPSA) is 48.9 Å². The number of nitrogens with zero attached hydrogens (tertiary/aromatic N) is 2. The van der Waals surface area contributed by atoms with E-state index in [0.29, 0.717) is 38.6 Å². The minimum Gasteiger partial charge on any atom is -0.491 e. The lowest BCUT2D eigenvalue weighted by Crippen LogP contribution is -2.45. The Kier molecular flexibility index (Phi) is 11.1. The van der Waals surface area contributed by atoms with Gasteiger partial charge in [-0.2, -0.15) is 13.2 Å². The number of hydrogen-bond donors (Lipinski definition) is 2.